The second-order valence-electron chi connectivity index (χ2n) is 6.93. The van der Waals surface area contributed by atoms with Gasteiger partial charge in [-0.1, -0.05) is 6.92 Å². The smallest absolute Gasteiger partial charge is 0.266 e. The maximum Gasteiger partial charge on any atom is 0.266 e. The maximum atomic E-state index is 13.7. The first-order valence-corrected chi connectivity index (χ1v) is 11.2. The van der Waals surface area contributed by atoms with Gasteiger partial charge in [-0.25, -0.2) is 26.5 Å². The first-order chi connectivity index (χ1) is 13.5. The molecule has 1 aromatic heterocycles. The van der Waals surface area contributed by atoms with Crippen LogP contribution in [0.2, 0.25) is 0 Å². The number of benzene rings is 1. The molecule has 1 aliphatic rings. The molecule has 0 radical (unpaired) electrons. The second kappa shape index (κ2) is 7.96. The van der Waals surface area contributed by atoms with Crippen LogP contribution in [0.5, 0.6) is 0 Å². The van der Waals surface area contributed by atoms with Crippen molar-refractivity contribution in [1.82, 2.24) is 9.29 Å². The number of hydrogen-bond donors (Lipinski definition) is 1. The van der Waals surface area contributed by atoms with Crippen molar-refractivity contribution >= 4 is 38.1 Å². The standard InChI is InChI=1S/C18H22F2N4O3S2/c1-4-12-10-21-17(28-12)22-16(25)14-9-13(29(26,27)23(2)3)5-6-15(14)24-8-7-18(19,20)11-24/h5-6,9-10H,4,7-8,11H2,1-3H3,(H,21,22,25). The number of sulfonamides is 1. The zero-order valence-corrected chi connectivity index (χ0v) is 17.9. The molecule has 2 aromatic rings. The Morgan fingerprint density at radius 2 is 2.10 bits per heavy atom. The van der Waals surface area contributed by atoms with E-state index in [9.17, 15) is 22.0 Å². The van der Waals surface area contributed by atoms with Gasteiger partial charge in [-0.05, 0) is 24.6 Å². The zero-order chi connectivity index (χ0) is 21.4. The minimum atomic E-state index is -3.80. The van der Waals surface area contributed by atoms with Gasteiger partial charge in [0.1, 0.15) is 0 Å². The minimum absolute atomic E-state index is 0.0128. The van der Waals surface area contributed by atoms with Crippen molar-refractivity contribution in [3.63, 3.8) is 0 Å². The van der Waals surface area contributed by atoms with Crippen LogP contribution in [0.1, 0.15) is 28.6 Å². The monoisotopic (exact) mass is 444 g/mol. The van der Waals surface area contributed by atoms with Gasteiger partial charge < -0.3 is 4.90 Å². The average molecular weight is 445 g/mol. The van der Waals surface area contributed by atoms with Crippen molar-refractivity contribution in [2.45, 2.75) is 30.6 Å². The second-order valence-corrected chi connectivity index (χ2v) is 10.2. The van der Waals surface area contributed by atoms with Crippen molar-refractivity contribution in [3.05, 3.63) is 34.8 Å². The highest BCUT2D eigenvalue weighted by atomic mass is 32.2. The fourth-order valence-corrected chi connectivity index (χ4v) is 4.65. The number of anilines is 2. The number of rotatable bonds is 6. The molecular weight excluding hydrogens is 422 g/mol. The molecule has 0 bridgehead atoms. The van der Waals surface area contributed by atoms with E-state index in [1.807, 2.05) is 6.92 Å². The minimum Gasteiger partial charge on any atom is -0.365 e. The molecule has 1 aliphatic heterocycles. The lowest BCUT2D eigenvalue weighted by Gasteiger charge is -2.22. The molecular formula is C18H22F2N4O3S2. The predicted molar refractivity (Wildman–Crippen MR) is 109 cm³/mol. The normalized spacial score (nSPS) is 16.4. The highest BCUT2D eigenvalue weighted by molar-refractivity contribution is 7.89. The Labute approximate surface area is 172 Å². The summed E-state index contributed by atoms with van der Waals surface area (Å²) in [6, 6.07) is 3.97. The van der Waals surface area contributed by atoms with E-state index in [1.165, 1.54) is 48.5 Å². The molecule has 1 aromatic carbocycles. The summed E-state index contributed by atoms with van der Waals surface area (Å²) in [6.45, 7) is 1.51. The first kappa shape index (κ1) is 21.6. The number of nitrogens with zero attached hydrogens (tertiary/aromatic N) is 3. The van der Waals surface area contributed by atoms with Gasteiger partial charge in [-0.2, -0.15) is 0 Å². The van der Waals surface area contributed by atoms with E-state index in [1.54, 1.807) is 6.20 Å². The molecule has 1 fully saturated rings. The van der Waals surface area contributed by atoms with E-state index in [4.69, 9.17) is 0 Å². The van der Waals surface area contributed by atoms with Crippen LogP contribution in [0.4, 0.5) is 19.6 Å². The fraction of sp³-hybridized carbons (Fsp3) is 0.444. The number of hydrogen-bond acceptors (Lipinski definition) is 6. The third kappa shape index (κ3) is 4.57. The highest BCUT2D eigenvalue weighted by Gasteiger charge is 2.39. The third-order valence-electron chi connectivity index (χ3n) is 4.62. The quantitative estimate of drug-likeness (QED) is 0.741. The SMILES string of the molecule is CCc1cnc(NC(=O)c2cc(S(=O)(=O)N(C)C)ccc2N2CCC(F)(F)C2)s1. The van der Waals surface area contributed by atoms with Crippen molar-refractivity contribution in [2.75, 3.05) is 37.4 Å². The Hall–Kier alpha value is -2.11. The van der Waals surface area contributed by atoms with Crippen molar-refractivity contribution in [1.29, 1.82) is 0 Å². The van der Waals surface area contributed by atoms with Crippen molar-refractivity contribution < 1.29 is 22.0 Å². The van der Waals surface area contributed by atoms with Gasteiger partial charge in [-0.3, -0.25) is 10.1 Å². The third-order valence-corrected chi connectivity index (χ3v) is 7.49. The topological polar surface area (TPSA) is 82.6 Å². The lowest BCUT2D eigenvalue weighted by Crippen LogP contribution is -2.28. The molecule has 1 N–H and O–H groups in total. The van der Waals surface area contributed by atoms with Gasteiger partial charge >= 0.3 is 0 Å². The van der Waals surface area contributed by atoms with Gasteiger partial charge in [0.15, 0.2) is 5.13 Å². The zero-order valence-electron chi connectivity index (χ0n) is 16.3. The van der Waals surface area contributed by atoms with Crippen LogP contribution in [-0.2, 0) is 16.4 Å². The Morgan fingerprint density at radius 3 is 2.66 bits per heavy atom. The number of alkyl halides is 2. The lowest BCUT2D eigenvalue weighted by molar-refractivity contribution is 0.0257. The lowest BCUT2D eigenvalue weighted by atomic mass is 10.1. The van der Waals surface area contributed by atoms with Crippen LogP contribution in [0.3, 0.4) is 0 Å². The Morgan fingerprint density at radius 1 is 1.38 bits per heavy atom. The molecule has 2 heterocycles. The molecule has 0 spiro atoms. The first-order valence-electron chi connectivity index (χ1n) is 8.99. The number of aryl methyl sites for hydroxylation is 1. The van der Waals surface area contributed by atoms with Gasteiger partial charge in [0, 0.05) is 43.8 Å². The summed E-state index contributed by atoms with van der Waals surface area (Å²) in [5, 5.41) is 3.02. The summed E-state index contributed by atoms with van der Waals surface area (Å²) < 4.78 is 53.5. The largest absolute Gasteiger partial charge is 0.365 e. The highest BCUT2D eigenvalue weighted by Crippen LogP contribution is 2.34. The molecule has 7 nitrogen and oxygen atoms in total. The van der Waals surface area contributed by atoms with Gasteiger partial charge in [0.25, 0.3) is 11.8 Å². The molecule has 1 saturated heterocycles. The van der Waals surface area contributed by atoms with Gasteiger partial charge in [0.2, 0.25) is 10.0 Å². The maximum absolute atomic E-state index is 13.7. The fourth-order valence-electron chi connectivity index (χ4n) is 2.98. The number of halogens is 2. The molecule has 0 unspecified atom stereocenters. The van der Waals surface area contributed by atoms with E-state index in [2.05, 4.69) is 10.3 Å². The van der Waals surface area contributed by atoms with Crippen LogP contribution in [0, 0.1) is 0 Å². The van der Waals surface area contributed by atoms with Gasteiger partial charge in [0.05, 0.1) is 17.0 Å². The Balaban J connectivity index is 2.01. The summed E-state index contributed by atoms with van der Waals surface area (Å²) in [6.07, 6.45) is 2.09. The number of carbonyl (C=O) groups excluding carboxylic acids is 1. The Bertz CT molecular complexity index is 1020. The van der Waals surface area contributed by atoms with Crippen molar-refractivity contribution in [3.8, 4) is 0 Å². The molecule has 29 heavy (non-hydrogen) atoms. The molecule has 158 valence electrons. The molecule has 0 saturated carbocycles. The summed E-state index contributed by atoms with van der Waals surface area (Å²) in [7, 11) is -1.03. The van der Waals surface area contributed by atoms with E-state index in [-0.39, 0.29) is 29.1 Å². The summed E-state index contributed by atoms with van der Waals surface area (Å²) in [4.78, 5) is 19.4. The van der Waals surface area contributed by atoms with Crippen LogP contribution >= 0.6 is 11.3 Å². The number of nitrogens with one attached hydrogen (secondary N) is 1. The summed E-state index contributed by atoms with van der Waals surface area (Å²) >= 11 is 1.31. The van der Waals surface area contributed by atoms with E-state index in [0.717, 1.165) is 15.6 Å². The molecule has 11 heteroatoms. The van der Waals surface area contributed by atoms with E-state index in [0.29, 0.717) is 5.13 Å². The van der Waals surface area contributed by atoms with Crippen LogP contribution in [0.15, 0.2) is 29.3 Å². The number of amides is 1. The number of thiazole rings is 1. The number of carbonyl (C=O) groups is 1. The van der Waals surface area contributed by atoms with Crippen molar-refractivity contribution in [2.24, 2.45) is 0 Å². The Kier molecular flexibility index (Phi) is 5.93. The molecule has 0 atom stereocenters. The van der Waals surface area contributed by atoms with Crippen LogP contribution in [0.25, 0.3) is 0 Å². The number of aromatic nitrogens is 1. The van der Waals surface area contributed by atoms with E-state index < -0.39 is 28.4 Å². The summed E-state index contributed by atoms with van der Waals surface area (Å²) in [5.41, 5.74) is 0.281. The molecule has 0 aliphatic carbocycles. The van der Waals surface area contributed by atoms with Crippen LogP contribution < -0.4 is 10.2 Å². The molecule has 1 amide bonds. The summed E-state index contributed by atoms with van der Waals surface area (Å²) in [5.74, 6) is -3.45. The van der Waals surface area contributed by atoms with Gasteiger partial charge in [-0.15, -0.1) is 11.3 Å². The van der Waals surface area contributed by atoms with E-state index >= 15 is 0 Å². The average Bonchev–Trinajstić information content (AvgIpc) is 3.26. The molecule has 3 rings (SSSR count). The van der Waals surface area contributed by atoms with Crippen LogP contribution in [-0.4, -0.2) is 56.7 Å². The predicted octanol–water partition coefficient (Wildman–Crippen LogP) is 3.05.